The third-order valence-corrected chi connectivity index (χ3v) is 5.64. The lowest BCUT2D eigenvalue weighted by molar-refractivity contribution is -0.124. The summed E-state index contributed by atoms with van der Waals surface area (Å²) in [4.78, 5) is 16.0. The Morgan fingerprint density at radius 1 is 1.24 bits per heavy atom. The fourth-order valence-electron chi connectivity index (χ4n) is 3.51. The molecular formula is C19H21BrN2O2S. The van der Waals surface area contributed by atoms with Crippen LogP contribution in [0.25, 0.3) is 0 Å². The average molecular weight is 421 g/mol. The van der Waals surface area contributed by atoms with Crippen LogP contribution in [0.4, 0.5) is 5.69 Å². The summed E-state index contributed by atoms with van der Waals surface area (Å²) < 4.78 is 6.92. The standard InChI is InChI=1S/C18H17BrN2O2S.CH4/c1-10-6-11-2-4-14(24-20)9-15(11)21(10)18(22)17-8-12-7-13(19)3-5-16(12)23-17;/h2-5,7,9-10,17H,6,8,20H2,1H3;1H4. The highest BCUT2D eigenvalue weighted by Crippen LogP contribution is 2.38. The number of carbonyl (C=O) groups excluding carboxylic acids is 1. The molecule has 25 heavy (non-hydrogen) atoms. The number of halogens is 1. The zero-order valence-corrected chi connectivity index (χ0v) is 15.6. The maximum Gasteiger partial charge on any atom is 0.268 e. The van der Waals surface area contributed by atoms with Crippen LogP contribution in [0.3, 0.4) is 0 Å². The maximum absolute atomic E-state index is 13.1. The van der Waals surface area contributed by atoms with E-state index in [1.165, 1.54) is 17.5 Å². The number of hydrogen-bond donors (Lipinski definition) is 1. The number of carbonyl (C=O) groups is 1. The van der Waals surface area contributed by atoms with E-state index >= 15 is 0 Å². The van der Waals surface area contributed by atoms with Crippen molar-refractivity contribution in [1.29, 1.82) is 0 Å². The van der Waals surface area contributed by atoms with E-state index in [4.69, 9.17) is 9.88 Å². The van der Waals surface area contributed by atoms with Crippen LogP contribution in [0.5, 0.6) is 5.75 Å². The molecule has 0 spiro atoms. The van der Waals surface area contributed by atoms with Crippen LogP contribution < -0.4 is 14.8 Å². The lowest BCUT2D eigenvalue weighted by atomic mass is 10.1. The number of amides is 1. The number of nitrogens with zero attached hydrogens (tertiary/aromatic N) is 1. The maximum atomic E-state index is 13.1. The Bertz CT molecular complexity index is 827. The minimum atomic E-state index is -0.461. The van der Waals surface area contributed by atoms with E-state index < -0.39 is 6.10 Å². The van der Waals surface area contributed by atoms with Gasteiger partial charge in [-0.1, -0.05) is 29.4 Å². The first kappa shape index (κ1) is 18.3. The van der Waals surface area contributed by atoms with Gasteiger partial charge < -0.3 is 9.64 Å². The van der Waals surface area contributed by atoms with Gasteiger partial charge in [-0.25, -0.2) is 0 Å². The van der Waals surface area contributed by atoms with Crippen molar-refractivity contribution in [3.63, 3.8) is 0 Å². The van der Waals surface area contributed by atoms with Crippen molar-refractivity contribution < 1.29 is 9.53 Å². The Morgan fingerprint density at radius 2 is 2.04 bits per heavy atom. The Hall–Kier alpha value is -1.50. The van der Waals surface area contributed by atoms with E-state index in [0.29, 0.717) is 6.42 Å². The van der Waals surface area contributed by atoms with Crippen molar-refractivity contribution in [3.8, 4) is 5.75 Å². The van der Waals surface area contributed by atoms with Crippen molar-refractivity contribution in [2.45, 2.75) is 44.2 Å². The number of fused-ring (bicyclic) bond motifs is 2. The molecule has 2 atom stereocenters. The predicted octanol–water partition coefficient (Wildman–Crippen LogP) is 4.33. The highest BCUT2D eigenvalue weighted by molar-refractivity contribution is 9.10. The van der Waals surface area contributed by atoms with Gasteiger partial charge in [0.25, 0.3) is 5.91 Å². The van der Waals surface area contributed by atoms with Crippen molar-refractivity contribution in [2.75, 3.05) is 4.90 Å². The summed E-state index contributed by atoms with van der Waals surface area (Å²) in [6, 6.07) is 12.1. The molecule has 0 aliphatic carbocycles. The fraction of sp³-hybridized carbons (Fsp3) is 0.316. The highest BCUT2D eigenvalue weighted by atomic mass is 79.9. The topological polar surface area (TPSA) is 55.6 Å². The van der Waals surface area contributed by atoms with E-state index in [9.17, 15) is 4.79 Å². The molecule has 0 bridgehead atoms. The number of anilines is 1. The van der Waals surface area contributed by atoms with E-state index in [2.05, 4.69) is 28.9 Å². The average Bonchev–Trinajstić information content (AvgIpc) is 3.13. The molecule has 2 heterocycles. The van der Waals surface area contributed by atoms with Gasteiger partial charge in [-0.3, -0.25) is 9.93 Å². The second-order valence-electron chi connectivity index (χ2n) is 6.23. The second kappa shape index (κ2) is 7.02. The SMILES string of the molecule is C.CC1Cc2ccc(SN)cc2N1C(=O)C1Cc2cc(Br)ccc2O1. The quantitative estimate of drug-likeness (QED) is 0.734. The van der Waals surface area contributed by atoms with Gasteiger partial charge in [0.2, 0.25) is 0 Å². The summed E-state index contributed by atoms with van der Waals surface area (Å²) in [7, 11) is 0. The zero-order valence-electron chi connectivity index (χ0n) is 13.2. The third kappa shape index (κ3) is 3.18. The summed E-state index contributed by atoms with van der Waals surface area (Å²) >= 11 is 4.67. The molecule has 2 aromatic carbocycles. The number of hydrogen-bond acceptors (Lipinski definition) is 4. The largest absolute Gasteiger partial charge is 0.480 e. The van der Waals surface area contributed by atoms with E-state index in [0.717, 1.165) is 32.8 Å². The first-order valence-corrected chi connectivity index (χ1v) is 9.52. The molecule has 6 heteroatoms. The summed E-state index contributed by atoms with van der Waals surface area (Å²) in [5, 5.41) is 5.68. The second-order valence-corrected chi connectivity index (χ2v) is 7.86. The molecule has 2 unspecified atom stereocenters. The molecule has 2 aliphatic heterocycles. The molecule has 4 rings (SSSR count). The van der Waals surface area contributed by atoms with Crippen LogP contribution in [0.15, 0.2) is 45.8 Å². The zero-order chi connectivity index (χ0) is 16.8. The van der Waals surface area contributed by atoms with E-state index in [1.807, 2.05) is 35.2 Å². The van der Waals surface area contributed by atoms with Crippen molar-refractivity contribution in [2.24, 2.45) is 5.14 Å². The van der Waals surface area contributed by atoms with Crippen molar-refractivity contribution in [1.82, 2.24) is 0 Å². The van der Waals surface area contributed by atoms with Gasteiger partial charge in [0.05, 0.1) is 0 Å². The molecule has 1 amide bonds. The molecule has 0 radical (unpaired) electrons. The highest BCUT2D eigenvalue weighted by Gasteiger charge is 2.38. The number of ether oxygens (including phenoxy) is 1. The lowest BCUT2D eigenvalue weighted by Gasteiger charge is -2.25. The predicted molar refractivity (Wildman–Crippen MR) is 106 cm³/mol. The Kier molecular flexibility index (Phi) is 5.14. The molecule has 132 valence electrons. The van der Waals surface area contributed by atoms with Crippen LogP contribution in [-0.2, 0) is 17.6 Å². The first-order valence-electron chi connectivity index (χ1n) is 7.84. The monoisotopic (exact) mass is 420 g/mol. The molecule has 2 aromatic rings. The van der Waals surface area contributed by atoms with Crippen molar-refractivity contribution in [3.05, 3.63) is 52.0 Å². The molecule has 2 aliphatic rings. The van der Waals surface area contributed by atoms with Gasteiger partial charge in [0.1, 0.15) is 5.75 Å². The first-order chi connectivity index (χ1) is 11.6. The smallest absolute Gasteiger partial charge is 0.268 e. The van der Waals surface area contributed by atoms with Crippen LogP contribution >= 0.6 is 27.9 Å². The normalized spacial score (nSPS) is 20.5. The van der Waals surface area contributed by atoms with Crippen LogP contribution in [0.1, 0.15) is 25.5 Å². The van der Waals surface area contributed by atoms with Crippen LogP contribution in [-0.4, -0.2) is 18.1 Å². The fourth-order valence-corrected chi connectivity index (χ4v) is 4.24. The summed E-state index contributed by atoms with van der Waals surface area (Å²) in [6.45, 7) is 2.08. The Morgan fingerprint density at radius 3 is 2.80 bits per heavy atom. The third-order valence-electron chi connectivity index (χ3n) is 4.62. The minimum Gasteiger partial charge on any atom is -0.480 e. The number of rotatable bonds is 2. The van der Waals surface area contributed by atoms with Gasteiger partial charge in [-0.2, -0.15) is 0 Å². The van der Waals surface area contributed by atoms with E-state index in [-0.39, 0.29) is 19.4 Å². The molecule has 0 saturated heterocycles. The molecular weight excluding hydrogens is 400 g/mol. The Labute approximate surface area is 161 Å². The van der Waals surface area contributed by atoms with Gasteiger partial charge in [-0.15, -0.1) is 0 Å². The molecule has 0 fully saturated rings. The van der Waals surface area contributed by atoms with Gasteiger partial charge in [-0.05, 0) is 66.8 Å². The Balaban J connectivity index is 0.00000182. The van der Waals surface area contributed by atoms with Gasteiger partial charge >= 0.3 is 0 Å². The summed E-state index contributed by atoms with van der Waals surface area (Å²) in [6.07, 6.45) is 1.01. The number of benzene rings is 2. The molecule has 0 aromatic heterocycles. The molecule has 0 saturated carbocycles. The molecule has 2 N–H and O–H groups in total. The van der Waals surface area contributed by atoms with E-state index in [1.54, 1.807) is 0 Å². The summed E-state index contributed by atoms with van der Waals surface area (Å²) in [5.41, 5.74) is 3.22. The van der Waals surface area contributed by atoms with Crippen LogP contribution in [0.2, 0.25) is 0 Å². The lowest BCUT2D eigenvalue weighted by Crippen LogP contribution is -2.44. The van der Waals surface area contributed by atoms with Gasteiger partial charge in [0, 0.05) is 27.5 Å². The minimum absolute atomic E-state index is 0. The summed E-state index contributed by atoms with van der Waals surface area (Å²) in [5.74, 6) is 0.822. The number of nitrogens with two attached hydrogens (primary N) is 1. The van der Waals surface area contributed by atoms with Gasteiger partial charge in [0.15, 0.2) is 6.10 Å². The molecule has 4 nitrogen and oxygen atoms in total. The van der Waals surface area contributed by atoms with Crippen LogP contribution in [0, 0.1) is 0 Å². The van der Waals surface area contributed by atoms with Crippen molar-refractivity contribution >= 4 is 39.5 Å².